The number of nitrogens with zero attached hydrogens (tertiary/aromatic N) is 3. The van der Waals surface area contributed by atoms with Crippen molar-refractivity contribution < 1.29 is 8.42 Å². The summed E-state index contributed by atoms with van der Waals surface area (Å²) in [6, 6.07) is 3.60. The minimum atomic E-state index is -2.90. The molecule has 1 unspecified atom stereocenters. The van der Waals surface area contributed by atoms with Crippen LogP contribution in [0, 0.1) is 0 Å². The molecule has 0 amide bonds. The number of fused-ring (bicyclic) bond motifs is 1. The third-order valence-electron chi connectivity index (χ3n) is 3.23. The molecule has 0 saturated carbocycles. The second-order valence-electron chi connectivity index (χ2n) is 4.46. The first-order valence-electron chi connectivity index (χ1n) is 5.91. The van der Waals surface area contributed by atoms with E-state index in [0.717, 1.165) is 18.5 Å². The van der Waals surface area contributed by atoms with Crippen molar-refractivity contribution in [2.75, 3.05) is 17.6 Å². The summed E-state index contributed by atoms with van der Waals surface area (Å²) in [4.78, 5) is 4.34. The van der Waals surface area contributed by atoms with Crippen LogP contribution < -0.4 is 5.32 Å². The van der Waals surface area contributed by atoms with E-state index in [0.29, 0.717) is 18.1 Å². The number of hydrogen-bond donors (Lipinski definition) is 1. The van der Waals surface area contributed by atoms with E-state index in [9.17, 15) is 8.42 Å². The lowest BCUT2D eigenvalue weighted by Gasteiger charge is -2.11. The highest BCUT2D eigenvalue weighted by atomic mass is 32.2. The zero-order chi connectivity index (χ0) is 12.6. The summed E-state index contributed by atoms with van der Waals surface area (Å²) in [6.07, 6.45) is 4.98. The van der Waals surface area contributed by atoms with Crippen molar-refractivity contribution >= 4 is 21.3 Å². The lowest BCUT2D eigenvalue weighted by molar-refractivity contribution is 0.591. The Morgan fingerprint density at radius 1 is 1.44 bits per heavy atom. The largest absolute Gasteiger partial charge is 0.369 e. The summed E-state index contributed by atoms with van der Waals surface area (Å²) in [7, 11) is -2.90. The van der Waals surface area contributed by atoms with E-state index in [2.05, 4.69) is 15.4 Å². The summed E-state index contributed by atoms with van der Waals surface area (Å²) < 4.78 is 25.0. The van der Waals surface area contributed by atoms with Crippen LogP contribution in [0.1, 0.15) is 12.8 Å². The van der Waals surface area contributed by atoms with Gasteiger partial charge in [0, 0.05) is 18.8 Å². The molecule has 18 heavy (non-hydrogen) atoms. The highest BCUT2D eigenvalue weighted by molar-refractivity contribution is 7.92. The zero-order valence-electron chi connectivity index (χ0n) is 9.78. The number of rotatable bonds is 3. The van der Waals surface area contributed by atoms with Gasteiger partial charge >= 0.3 is 0 Å². The van der Waals surface area contributed by atoms with E-state index < -0.39 is 9.84 Å². The Bertz CT molecular complexity index is 664. The minimum Gasteiger partial charge on any atom is -0.369 e. The SMILES string of the molecule is O=S1(=O)CCCC1CNc1ccn2nccc2n1. The third-order valence-corrected chi connectivity index (χ3v) is 5.51. The van der Waals surface area contributed by atoms with Crippen molar-refractivity contribution in [3.8, 4) is 0 Å². The molecule has 1 N–H and O–H groups in total. The first-order valence-corrected chi connectivity index (χ1v) is 7.62. The zero-order valence-corrected chi connectivity index (χ0v) is 10.6. The van der Waals surface area contributed by atoms with Crippen LogP contribution in [-0.4, -0.2) is 40.6 Å². The van der Waals surface area contributed by atoms with Crippen molar-refractivity contribution in [2.45, 2.75) is 18.1 Å². The average molecular weight is 266 g/mol. The lowest BCUT2D eigenvalue weighted by Crippen LogP contribution is -2.25. The molecule has 2 aromatic heterocycles. The topological polar surface area (TPSA) is 76.4 Å². The van der Waals surface area contributed by atoms with Crippen molar-refractivity contribution in [2.24, 2.45) is 0 Å². The van der Waals surface area contributed by atoms with Gasteiger partial charge in [0.05, 0.1) is 17.2 Å². The summed E-state index contributed by atoms with van der Waals surface area (Å²) in [5.41, 5.74) is 0.745. The maximum Gasteiger partial charge on any atom is 0.157 e. The number of hydrogen-bond acceptors (Lipinski definition) is 5. The predicted octanol–water partition coefficient (Wildman–Crippen LogP) is 0.718. The lowest BCUT2D eigenvalue weighted by atomic mass is 10.2. The van der Waals surface area contributed by atoms with E-state index in [-0.39, 0.29) is 5.25 Å². The first-order chi connectivity index (χ1) is 8.65. The summed E-state index contributed by atoms with van der Waals surface area (Å²) in [5, 5.41) is 6.87. The molecular formula is C11H14N4O2S. The molecule has 0 radical (unpaired) electrons. The molecule has 96 valence electrons. The fourth-order valence-electron chi connectivity index (χ4n) is 2.22. The smallest absolute Gasteiger partial charge is 0.157 e. The second-order valence-corrected chi connectivity index (χ2v) is 6.86. The van der Waals surface area contributed by atoms with Crippen molar-refractivity contribution in [3.05, 3.63) is 24.5 Å². The fraction of sp³-hybridized carbons (Fsp3) is 0.455. The van der Waals surface area contributed by atoms with Gasteiger partial charge in [0.2, 0.25) is 0 Å². The molecule has 2 aromatic rings. The van der Waals surface area contributed by atoms with Gasteiger partial charge < -0.3 is 5.32 Å². The van der Waals surface area contributed by atoms with E-state index in [1.54, 1.807) is 29.0 Å². The summed E-state index contributed by atoms with van der Waals surface area (Å²) in [5.74, 6) is 0.999. The maximum atomic E-state index is 11.7. The summed E-state index contributed by atoms with van der Waals surface area (Å²) in [6.45, 7) is 0.430. The van der Waals surface area contributed by atoms with Crippen LogP contribution in [0.3, 0.4) is 0 Å². The molecule has 3 rings (SSSR count). The average Bonchev–Trinajstić information content (AvgIpc) is 2.91. The molecule has 1 saturated heterocycles. The minimum absolute atomic E-state index is 0.277. The Labute approximate surface area is 105 Å². The van der Waals surface area contributed by atoms with Gasteiger partial charge in [-0.2, -0.15) is 5.10 Å². The van der Waals surface area contributed by atoms with Crippen molar-refractivity contribution in [1.82, 2.24) is 14.6 Å². The molecule has 1 fully saturated rings. The van der Waals surface area contributed by atoms with Gasteiger partial charge in [0.1, 0.15) is 5.82 Å². The van der Waals surface area contributed by atoms with Gasteiger partial charge in [0.25, 0.3) is 0 Å². The van der Waals surface area contributed by atoms with Crippen LogP contribution in [0.25, 0.3) is 5.65 Å². The van der Waals surface area contributed by atoms with Gasteiger partial charge in [-0.3, -0.25) is 0 Å². The van der Waals surface area contributed by atoms with Crippen LogP contribution in [-0.2, 0) is 9.84 Å². The van der Waals surface area contributed by atoms with Gasteiger partial charge in [-0.15, -0.1) is 0 Å². The van der Waals surface area contributed by atoms with E-state index in [1.807, 2.05) is 0 Å². The Hall–Kier alpha value is -1.63. The molecule has 1 atom stereocenters. The summed E-state index contributed by atoms with van der Waals surface area (Å²) >= 11 is 0. The fourth-order valence-corrected chi connectivity index (χ4v) is 3.98. The standard InChI is InChI=1S/C11H14N4O2S/c16-18(17)7-1-2-9(18)8-12-10-4-6-15-11(14-10)3-5-13-15/h3-6,9H,1-2,7-8H2,(H,12,14). The van der Waals surface area contributed by atoms with Crippen LogP contribution in [0.2, 0.25) is 0 Å². The highest BCUT2D eigenvalue weighted by Crippen LogP contribution is 2.20. The van der Waals surface area contributed by atoms with E-state index >= 15 is 0 Å². The Morgan fingerprint density at radius 3 is 3.11 bits per heavy atom. The first kappa shape index (κ1) is 11.5. The monoisotopic (exact) mass is 266 g/mol. The Balaban J connectivity index is 1.73. The molecule has 0 spiro atoms. The molecule has 0 aromatic carbocycles. The number of aromatic nitrogens is 3. The van der Waals surface area contributed by atoms with E-state index in [4.69, 9.17) is 0 Å². The molecular weight excluding hydrogens is 252 g/mol. The van der Waals surface area contributed by atoms with Gasteiger partial charge in [-0.25, -0.2) is 17.9 Å². The molecule has 7 heteroatoms. The van der Waals surface area contributed by atoms with Crippen LogP contribution in [0.15, 0.2) is 24.5 Å². The maximum absolute atomic E-state index is 11.7. The highest BCUT2D eigenvalue weighted by Gasteiger charge is 2.30. The molecule has 1 aliphatic rings. The third kappa shape index (κ3) is 2.05. The van der Waals surface area contributed by atoms with Crippen LogP contribution >= 0.6 is 0 Å². The molecule has 6 nitrogen and oxygen atoms in total. The second kappa shape index (κ2) is 4.24. The molecule has 3 heterocycles. The molecule has 0 bridgehead atoms. The van der Waals surface area contributed by atoms with Crippen LogP contribution in [0.4, 0.5) is 5.82 Å². The van der Waals surface area contributed by atoms with E-state index in [1.165, 1.54) is 0 Å². The van der Waals surface area contributed by atoms with Crippen molar-refractivity contribution in [1.29, 1.82) is 0 Å². The normalized spacial score (nSPS) is 22.3. The predicted molar refractivity (Wildman–Crippen MR) is 68.3 cm³/mol. The number of nitrogens with one attached hydrogen (secondary N) is 1. The Kier molecular flexibility index (Phi) is 2.70. The van der Waals surface area contributed by atoms with Gasteiger partial charge in [-0.1, -0.05) is 0 Å². The molecule has 0 aliphatic carbocycles. The van der Waals surface area contributed by atoms with Crippen LogP contribution in [0.5, 0.6) is 0 Å². The molecule has 1 aliphatic heterocycles. The number of sulfone groups is 1. The van der Waals surface area contributed by atoms with Gasteiger partial charge in [-0.05, 0) is 18.9 Å². The quantitative estimate of drug-likeness (QED) is 0.885. The van der Waals surface area contributed by atoms with Gasteiger partial charge in [0.15, 0.2) is 15.5 Å². The number of anilines is 1. The Morgan fingerprint density at radius 2 is 2.33 bits per heavy atom. The van der Waals surface area contributed by atoms with Crippen molar-refractivity contribution in [3.63, 3.8) is 0 Å².